The zero-order valence-electron chi connectivity index (χ0n) is 15.8. The standard InChI is InChI=1S/C22H21FN4O2/c23-18-8-4-7-16(9-18)12-24-22-25-19(11-20(28)26-22)17-10-21(29)27(14-17)13-15-5-2-1-3-6-15/h1-9,11,17H,10,12-14H2,(H2,24,25,26,28). The van der Waals surface area contributed by atoms with E-state index < -0.39 is 0 Å². The third-order valence-corrected chi connectivity index (χ3v) is 4.96. The number of nitrogens with zero attached hydrogens (tertiary/aromatic N) is 2. The summed E-state index contributed by atoms with van der Waals surface area (Å²) in [5.74, 6) is -0.0911. The van der Waals surface area contributed by atoms with Crippen molar-refractivity contribution < 1.29 is 9.18 Å². The minimum absolute atomic E-state index is 0.0511. The first-order valence-electron chi connectivity index (χ1n) is 9.48. The van der Waals surface area contributed by atoms with Crippen LogP contribution in [-0.2, 0) is 17.9 Å². The number of amides is 1. The predicted octanol–water partition coefficient (Wildman–Crippen LogP) is 3.04. The van der Waals surface area contributed by atoms with Gasteiger partial charge in [-0.25, -0.2) is 9.37 Å². The van der Waals surface area contributed by atoms with Gasteiger partial charge in [-0.15, -0.1) is 0 Å². The number of aromatic amines is 1. The summed E-state index contributed by atoms with van der Waals surface area (Å²) in [6.07, 6.45) is 0.326. The number of anilines is 1. The van der Waals surface area contributed by atoms with Gasteiger partial charge in [0.05, 0.1) is 5.69 Å². The third-order valence-electron chi connectivity index (χ3n) is 4.96. The van der Waals surface area contributed by atoms with Crippen LogP contribution < -0.4 is 10.9 Å². The van der Waals surface area contributed by atoms with Crippen LogP contribution in [0.3, 0.4) is 0 Å². The summed E-state index contributed by atoms with van der Waals surface area (Å²) in [5.41, 5.74) is 2.10. The van der Waals surface area contributed by atoms with Crippen molar-refractivity contribution in [2.24, 2.45) is 0 Å². The highest BCUT2D eigenvalue weighted by Crippen LogP contribution is 2.28. The molecule has 148 valence electrons. The highest BCUT2D eigenvalue weighted by Gasteiger charge is 2.31. The number of aromatic nitrogens is 2. The van der Waals surface area contributed by atoms with Crippen LogP contribution in [0.5, 0.6) is 0 Å². The molecule has 29 heavy (non-hydrogen) atoms. The van der Waals surface area contributed by atoms with Crippen LogP contribution in [0.1, 0.15) is 29.2 Å². The molecule has 1 aliphatic rings. The smallest absolute Gasteiger partial charge is 0.252 e. The molecule has 1 amide bonds. The van der Waals surface area contributed by atoms with E-state index in [1.807, 2.05) is 30.3 Å². The van der Waals surface area contributed by atoms with Crippen molar-refractivity contribution in [3.8, 4) is 0 Å². The number of hydrogen-bond acceptors (Lipinski definition) is 4. The zero-order valence-corrected chi connectivity index (χ0v) is 15.8. The molecule has 6 nitrogen and oxygen atoms in total. The van der Waals surface area contributed by atoms with Crippen molar-refractivity contribution in [2.75, 3.05) is 11.9 Å². The molecule has 1 aliphatic heterocycles. The van der Waals surface area contributed by atoms with E-state index in [2.05, 4.69) is 15.3 Å². The summed E-state index contributed by atoms with van der Waals surface area (Å²) < 4.78 is 13.3. The van der Waals surface area contributed by atoms with Gasteiger partial charge in [-0.1, -0.05) is 42.5 Å². The molecule has 0 spiro atoms. The number of benzene rings is 2. The summed E-state index contributed by atoms with van der Waals surface area (Å²) >= 11 is 0. The first kappa shape index (κ1) is 18.9. The Morgan fingerprint density at radius 1 is 1.07 bits per heavy atom. The molecule has 2 heterocycles. The number of carbonyl (C=O) groups excluding carboxylic acids is 1. The predicted molar refractivity (Wildman–Crippen MR) is 108 cm³/mol. The highest BCUT2D eigenvalue weighted by molar-refractivity contribution is 5.79. The fraction of sp³-hybridized carbons (Fsp3) is 0.227. The van der Waals surface area contributed by atoms with E-state index in [0.29, 0.717) is 37.7 Å². The van der Waals surface area contributed by atoms with Gasteiger partial charge >= 0.3 is 0 Å². The maximum atomic E-state index is 13.3. The number of carbonyl (C=O) groups is 1. The Morgan fingerprint density at radius 3 is 2.66 bits per heavy atom. The maximum absolute atomic E-state index is 13.3. The van der Waals surface area contributed by atoms with Gasteiger partial charge in [0.1, 0.15) is 5.82 Å². The van der Waals surface area contributed by atoms with Gasteiger partial charge in [-0.2, -0.15) is 0 Å². The van der Waals surface area contributed by atoms with Crippen LogP contribution in [-0.4, -0.2) is 27.3 Å². The number of nitrogens with one attached hydrogen (secondary N) is 2. The Balaban J connectivity index is 1.46. The summed E-state index contributed by atoms with van der Waals surface area (Å²) in [4.78, 5) is 33.5. The van der Waals surface area contributed by atoms with Crippen LogP contribution in [0, 0.1) is 5.82 Å². The second-order valence-corrected chi connectivity index (χ2v) is 7.16. The third kappa shape index (κ3) is 4.68. The molecule has 2 N–H and O–H groups in total. The summed E-state index contributed by atoms with van der Waals surface area (Å²) in [6, 6.07) is 17.5. The molecular formula is C22H21FN4O2. The van der Waals surface area contributed by atoms with Crippen LogP contribution in [0.25, 0.3) is 0 Å². The second kappa shape index (κ2) is 8.26. The Labute approximate surface area is 167 Å². The molecule has 1 unspecified atom stereocenters. The van der Waals surface area contributed by atoms with Gasteiger partial charge in [0.25, 0.3) is 5.56 Å². The van der Waals surface area contributed by atoms with Crippen LogP contribution >= 0.6 is 0 Å². The van der Waals surface area contributed by atoms with E-state index in [9.17, 15) is 14.0 Å². The van der Waals surface area contributed by atoms with Gasteiger partial charge in [0.15, 0.2) is 0 Å². The monoisotopic (exact) mass is 392 g/mol. The number of rotatable bonds is 6. The zero-order chi connectivity index (χ0) is 20.2. The fourth-order valence-electron chi connectivity index (χ4n) is 3.53. The quantitative estimate of drug-likeness (QED) is 0.676. The van der Waals surface area contributed by atoms with Crippen molar-refractivity contribution in [3.63, 3.8) is 0 Å². The average molecular weight is 392 g/mol. The van der Waals surface area contributed by atoms with Crippen LogP contribution in [0.15, 0.2) is 65.5 Å². The van der Waals surface area contributed by atoms with E-state index in [1.165, 1.54) is 18.2 Å². The maximum Gasteiger partial charge on any atom is 0.252 e. The van der Waals surface area contributed by atoms with Gasteiger partial charge in [0.2, 0.25) is 11.9 Å². The molecule has 7 heteroatoms. The molecule has 1 fully saturated rings. The first-order chi connectivity index (χ1) is 14.1. The Hall–Kier alpha value is -3.48. The van der Waals surface area contributed by atoms with Crippen molar-refractivity contribution in [1.82, 2.24) is 14.9 Å². The topological polar surface area (TPSA) is 78.1 Å². The SMILES string of the molecule is O=C1CC(c2cc(=O)[nH]c(NCc3cccc(F)c3)n2)CN1Cc1ccccc1. The lowest BCUT2D eigenvalue weighted by atomic mass is 10.0. The Bertz CT molecular complexity index is 1070. The molecule has 1 aromatic heterocycles. The van der Waals surface area contributed by atoms with Gasteiger partial charge in [-0.3, -0.25) is 14.6 Å². The van der Waals surface area contributed by atoms with Crippen LogP contribution in [0.4, 0.5) is 10.3 Å². The average Bonchev–Trinajstić information content (AvgIpc) is 3.07. The van der Waals surface area contributed by atoms with E-state index in [0.717, 1.165) is 11.1 Å². The molecule has 1 saturated heterocycles. The van der Waals surface area contributed by atoms with Gasteiger partial charge < -0.3 is 10.2 Å². The normalized spacial score (nSPS) is 16.2. The summed E-state index contributed by atoms with van der Waals surface area (Å²) in [6.45, 7) is 1.39. The van der Waals surface area contributed by atoms with Gasteiger partial charge in [-0.05, 0) is 23.3 Å². The Kier molecular flexibility index (Phi) is 5.37. The molecule has 1 atom stereocenters. The lowest BCUT2D eigenvalue weighted by Gasteiger charge is -2.17. The first-order valence-corrected chi connectivity index (χ1v) is 9.48. The number of likely N-dealkylation sites (tertiary alicyclic amines) is 1. The fourth-order valence-corrected chi connectivity index (χ4v) is 3.53. The van der Waals surface area contributed by atoms with E-state index in [-0.39, 0.29) is 23.2 Å². The van der Waals surface area contributed by atoms with Crippen molar-refractivity contribution in [2.45, 2.75) is 25.4 Å². The minimum atomic E-state index is -0.317. The lowest BCUT2D eigenvalue weighted by Crippen LogP contribution is -2.24. The number of H-pyrrole nitrogens is 1. The van der Waals surface area contributed by atoms with Crippen molar-refractivity contribution in [3.05, 3.63) is 93.7 Å². The van der Waals surface area contributed by atoms with Crippen molar-refractivity contribution >= 4 is 11.9 Å². The highest BCUT2D eigenvalue weighted by atomic mass is 19.1. The lowest BCUT2D eigenvalue weighted by molar-refractivity contribution is -0.128. The van der Waals surface area contributed by atoms with E-state index >= 15 is 0 Å². The largest absolute Gasteiger partial charge is 0.352 e. The molecule has 3 aromatic rings. The number of halogens is 1. The molecule has 0 aliphatic carbocycles. The second-order valence-electron chi connectivity index (χ2n) is 7.16. The van der Waals surface area contributed by atoms with Gasteiger partial charge in [0, 0.05) is 38.0 Å². The molecule has 0 saturated carbocycles. The summed E-state index contributed by atoms with van der Waals surface area (Å²) in [5, 5.41) is 3.02. The molecule has 2 aromatic carbocycles. The van der Waals surface area contributed by atoms with Crippen LogP contribution in [0.2, 0.25) is 0 Å². The summed E-state index contributed by atoms with van der Waals surface area (Å²) in [7, 11) is 0. The van der Waals surface area contributed by atoms with Crippen molar-refractivity contribution in [1.29, 1.82) is 0 Å². The minimum Gasteiger partial charge on any atom is -0.352 e. The van der Waals surface area contributed by atoms with E-state index in [1.54, 1.807) is 17.0 Å². The Morgan fingerprint density at radius 2 is 1.86 bits per heavy atom. The van der Waals surface area contributed by atoms with E-state index in [4.69, 9.17) is 0 Å². The molecule has 0 radical (unpaired) electrons. The molecule has 0 bridgehead atoms. The molecular weight excluding hydrogens is 371 g/mol. The molecule has 4 rings (SSSR count). The number of hydrogen-bond donors (Lipinski definition) is 2.